The van der Waals surface area contributed by atoms with Crippen LogP contribution in [0.2, 0.25) is 0 Å². The van der Waals surface area contributed by atoms with Crippen molar-refractivity contribution < 1.29 is 0 Å². The summed E-state index contributed by atoms with van der Waals surface area (Å²) in [6.07, 6.45) is 4.37. The van der Waals surface area contributed by atoms with Gasteiger partial charge >= 0.3 is 0 Å². The maximum atomic E-state index is 5.73. The Morgan fingerprint density at radius 2 is 1.38 bits per heavy atom. The molecule has 0 amide bonds. The van der Waals surface area contributed by atoms with Gasteiger partial charge in [-0.05, 0) is 12.8 Å². The van der Waals surface area contributed by atoms with Gasteiger partial charge < -0.3 is 0 Å². The zero-order chi connectivity index (χ0) is 5.33. The number of hydrogen-bond donors (Lipinski definition) is 0. The quantitative estimate of drug-likeness (QED) is 0.496. The number of hydrogen-bond acceptors (Lipinski definition) is 0. The van der Waals surface area contributed by atoms with Crippen LogP contribution in [0.4, 0.5) is 0 Å². The highest BCUT2D eigenvalue weighted by Crippen LogP contribution is 2.38. The normalized spacial score (nSPS) is 24.8. The second-order valence-corrected chi connectivity index (χ2v) is 3.70. The summed E-state index contributed by atoms with van der Waals surface area (Å²) in [4.78, 5) is 0. The summed E-state index contributed by atoms with van der Waals surface area (Å²) in [5.41, 5.74) is 0. The van der Waals surface area contributed by atoms with Gasteiger partial charge in [0.1, 0.15) is 4.33 Å². The lowest BCUT2D eigenvalue weighted by molar-refractivity contribution is 0.816. The summed E-state index contributed by atoms with van der Waals surface area (Å²) < 4.78 is -0.361. The van der Waals surface area contributed by atoms with Crippen LogP contribution in [0.25, 0.3) is 0 Å². The van der Waals surface area contributed by atoms with Crippen LogP contribution in [-0.4, -0.2) is 4.33 Å². The van der Waals surface area contributed by atoms with Crippen LogP contribution in [0, 0.1) is 0 Å². The van der Waals surface area contributed by atoms with Gasteiger partial charge in [-0.1, -0.05) is 12.8 Å². The molecule has 1 aliphatic rings. The first-order valence-electron chi connectivity index (χ1n) is 2.59. The van der Waals surface area contributed by atoms with Crippen molar-refractivity contribution in [2.24, 2.45) is 0 Å². The van der Waals surface area contributed by atoms with E-state index in [1.807, 2.05) is 0 Å². The predicted molar refractivity (Wildman–Crippen MR) is 40.2 cm³/mol. The lowest BCUT2D eigenvalue weighted by atomic mass is 10.4. The Morgan fingerprint density at radius 3 is 1.50 bits per heavy atom. The van der Waals surface area contributed by atoms with Gasteiger partial charge in [0.05, 0.1) is 0 Å². The first kappa shape index (κ1) is 8.87. The molecule has 1 aliphatic carbocycles. The highest BCUT2D eigenvalue weighted by atomic mass is 35.5. The molecule has 8 heavy (non-hydrogen) atoms. The molecule has 0 atom stereocenters. The van der Waals surface area contributed by atoms with Gasteiger partial charge in [0, 0.05) is 0 Å². The molecule has 0 aromatic rings. The van der Waals surface area contributed by atoms with E-state index >= 15 is 0 Å². The fourth-order valence-electron chi connectivity index (χ4n) is 0.892. The second-order valence-electron chi connectivity index (χ2n) is 2.06. The minimum absolute atomic E-state index is 0. The van der Waals surface area contributed by atoms with Crippen LogP contribution in [-0.2, 0) is 0 Å². The molecule has 3 heteroatoms. The molecular formula is C5H9Cl3. The molecule has 1 fully saturated rings. The topological polar surface area (TPSA) is 0 Å². The van der Waals surface area contributed by atoms with Gasteiger partial charge in [0.15, 0.2) is 0 Å². The molecule has 0 saturated heterocycles. The smallest absolute Gasteiger partial charge is 0.118 e. The van der Waals surface area contributed by atoms with E-state index in [0.29, 0.717) is 0 Å². The third kappa shape index (κ3) is 2.43. The Balaban J connectivity index is 0.000000490. The van der Waals surface area contributed by atoms with Crippen molar-refractivity contribution in [2.75, 3.05) is 0 Å². The molecular weight excluding hydrogens is 166 g/mol. The Labute approximate surface area is 66.0 Å². The molecule has 0 unspecified atom stereocenters. The van der Waals surface area contributed by atoms with Crippen molar-refractivity contribution >= 4 is 35.6 Å². The van der Waals surface area contributed by atoms with Crippen molar-refractivity contribution in [3.8, 4) is 0 Å². The van der Waals surface area contributed by atoms with Crippen molar-refractivity contribution in [3.05, 3.63) is 0 Å². The third-order valence-corrected chi connectivity index (χ3v) is 2.09. The van der Waals surface area contributed by atoms with Crippen LogP contribution in [0.15, 0.2) is 0 Å². The number of alkyl halides is 2. The average molecular weight is 175 g/mol. The van der Waals surface area contributed by atoms with Crippen LogP contribution >= 0.6 is 35.6 Å². The number of rotatable bonds is 0. The van der Waals surface area contributed by atoms with Crippen LogP contribution in [0.3, 0.4) is 0 Å². The zero-order valence-electron chi connectivity index (χ0n) is 4.49. The van der Waals surface area contributed by atoms with Crippen LogP contribution < -0.4 is 0 Å². The van der Waals surface area contributed by atoms with E-state index < -0.39 is 0 Å². The summed E-state index contributed by atoms with van der Waals surface area (Å²) in [5, 5.41) is 0. The van der Waals surface area contributed by atoms with Gasteiger partial charge in [-0.15, -0.1) is 35.6 Å². The van der Waals surface area contributed by atoms with Crippen molar-refractivity contribution in [1.82, 2.24) is 0 Å². The fourth-order valence-corrected chi connectivity index (χ4v) is 1.43. The van der Waals surface area contributed by atoms with Crippen LogP contribution in [0.5, 0.6) is 0 Å². The van der Waals surface area contributed by atoms with E-state index in [9.17, 15) is 0 Å². The minimum Gasteiger partial charge on any atom is -0.147 e. The largest absolute Gasteiger partial charge is 0.147 e. The SMILES string of the molecule is Cl.ClC1(Cl)CCCC1. The standard InChI is InChI=1S/C5H8Cl2.ClH/c6-5(7)3-1-2-4-5;/h1-4H2;1H. The fraction of sp³-hybridized carbons (Fsp3) is 1.00. The molecule has 0 radical (unpaired) electrons. The summed E-state index contributed by atoms with van der Waals surface area (Å²) in [6.45, 7) is 0. The van der Waals surface area contributed by atoms with Gasteiger partial charge in [0.25, 0.3) is 0 Å². The van der Waals surface area contributed by atoms with Crippen molar-refractivity contribution in [1.29, 1.82) is 0 Å². The Hall–Kier alpha value is 0.870. The van der Waals surface area contributed by atoms with E-state index in [-0.39, 0.29) is 16.7 Å². The van der Waals surface area contributed by atoms with Gasteiger partial charge in [-0.3, -0.25) is 0 Å². The van der Waals surface area contributed by atoms with Crippen LogP contribution in [0.1, 0.15) is 25.7 Å². The van der Waals surface area contributed by atoms with E-state index in [1.54, 1.807) is 0 Å². The summed E-state index contributed by atoms with van der Waals surface area (Å²) in [5.74, 6) is 0. The molecule has 0 N–H and O–H groups in total. The summed E-state index contributed by atoms with van der Waals surface area (Å²) in [7, 11) is 0. The zero-order valence-corrected chi connectivity index (χ0v) is 6.82. The minimum atomic E-state index is -0.361. The van der Waals surface area contributed by atoms with Crippen molar-refractivity contribution in [2.45, 2.75) is 30.0 Å². The lowest BCUT2D eigenvalue weighted by Crippen LogP contribution is -2.02. The Bertz CT molecular complexity index is 62.1. The molecule has 0 spiro atoms. The monoisotopic (exact) mass is 174 g/mol. The third-order valence-electron chi connectivity index (χ3n) is 1.34. The average Bonchev–Trinajstić information content (AvgIpc) is 1.84. The van der Waals surface area contributed by atoms with Gasteiger partial charge in [-0.2, -0.15) is 0 Å². The summed E-state index contributed by atoms with van der Waals surface area (Å²) >= 11 is 11.5. The lowest BCUT2D eigenvalue weighted by Gasteiger charge is -2.06. The Morgan fingerprint density at radius 1 is 1.00 bits per heavy atom. The van der Waals surface area contributed by atoms with Crippen molar-refractivity contribution in [3.63, 3.8) is 0 Å². The molecule has 50 valence electrons. The van der Waals surface area contributed by atoms with E-state index in [2.05, 4.69) is 0 Å². The van der Waals surface area contributed by atoms with Gasteiger partial charge in [-0.25, -0.2) is 0 Å². The first-order chi connectivity index (χ1) is 3.21. The molecule has 0 aromatic carbocycles. The van der Waals surface area contributed by atoms with E-state index in [4.69, 9.17) is 23.2 Å². The number of halogens is 3. The second kappa shape index (κ2) is 3.14. The maximum absolute atomic E-state index is 5.73. The molecule has 0 nitrogen and oxygen atoms in total. The molecule has 0 heterocycles. The molecule has 0 aliphatic heterocycles. The highest BCUT2D eigenvalue weighted by molar-refractivity contribution is 6.48. The molecule has 1 rings (SSSR count). The van der Waals surface area contributed by atoms with E-state index in [1.165, 1.54) is 12.8 Å². The van der Waals surface area contributed by atoms with E-state index in [0.717, 1.165) is 12.8 Å². The maximum Gasteiger partial charge on any atom is 0.118 e. The summed E-state index contributed by atoms with van der Waals surface area (Å²) in [6, 6.07) is 0. The molecule has 0 aromatic heterocycles. The molecule has 1 saturated carbocycles. The highest BCUT2D eigenvalue weighted by Gasteiger charge is 2.27. The first-order valence-corrected chi connectivity index (χ1v) is 3.34. The molecule has 0 bridgehead atoms. The predicted octanol–water partition coefficient (Wildman–Crippen LogP) is 3.16. The van der Waals surface area contributed by atoms with Gasteiger partial charge in [0.2, 0.25) is 0 Å². The Kier molecular flexibility index (Phi) is 3.49.